The van der Waals surface area contributed by atoms with Crippen LogP contribution in [-0.2, 0) is 11.2 Å². The van der Waals surface area contributed by atoms with Gasteiger partial charge in [-0.05, 0) is 50.0 Å². The van der Waals surface area contributed by atoms with Gasteiger partial charge < -0.3 is 16.0 Å². The molecule has 0 saturated carbocycles. The van der Waals surface area contributed by atoms with Crippen molar-refractivity contribution in [1.29, 1.82) is 0 Å². The van der Waals surface area contributed by atoms with Gasteiger partial charge in [0.05, 0.1) is 6.42 Å². The van der Waals surface area contributed by atoms with Crippen LogP contribution >= 0.6 is 23.2 Å². The predicted octanol–water partition coefficient (Wildman–Crippen LogP) is 4.96. The minimum atomic E-state index is -0.0841. The van der Waals surface area contributed by atoms with Crippen molar-refractivity contribution in [3.8, 4) is 0 Å². The molecule has 35 heavy (non-hydrogen) atoms. The molecule has 1 unspecified atom stereocenters. The molecule has 3 N–H and O–H groups in total. The lowest BCUT2D eigenvalue weighted by atomic mass is 9.92. The summed E-state index contributed by atoms with van der Waals surface area (Å²) in [6, 6.07) is 16.0. The second-order valence-electron chi connectivity index (χ2n) is 9.20. The van der Waals surface area contributed by atoms with E-state index >= 15 is 0 Å². The monoisotopic (exact) mass is 512 g/mol. The molecule has 0 spiro atoms. The number of halogens is 2. The van der Waals surface area contributed by atoms with Crippen LogP contribution in [0.15, 0.2) is 72.1 Å². The first kappa shape index (κ1) is 25.8. The third kappa shape index (κ3) is 7.11. The van der Waals surface area contributed by atoms with Crippen molar-refractivity contribution in [3.63, 3.8) is 0 Å². The van der Waals surface area contributed by atoms with Crippen LogP contribution in [0.2, 0.25) is 10.0 Å². The predicted molar refractivity (Wildman–Crippen MR) is 145 cm³/mol. The molecule has 1 saturated heterocycles. The standard InChI is InChI=1S/C28H34Cl2N4O/c29-25-8-4-9-26(30)28(25)22-18-23(11-10-21-6-2-1-3-7-21)32-24(19-22)20-27(35)34-16-14-33(15-17-34)13-5-12-31/h1-4,6-9,18-19,22,32H,5,10-17,20,31H2. The number of hydrogen-bond acceptors (Lipinski definition) is 4. The number of amides is 1. The van der Waals surface area contributed by atoms with Crippen molar-refractivity contribution in [1.82, 2.24) is 15.1 Å². The summed E-state index contributed by atoms with van der Waals surface area (Å²) in [7, 11) is 0. The minimum absolute atomic E-state index is 0.0841. The van der Waals surface area contributed by atoms with E-state index in [4.69, 9.17) is 28.9 Å². The zero-order chi connectivity index (χ0) is 24.6. The molecule has 1 fully saturated rings. The number of allylic oxidation sites excluding steroid dienone is 3. The van der Waals surface area contributed by atoms with E-state index < -0.39 is 0 Å². The van der Waals surface area contributed by atoms with Gasteiger partial charge in [-0.2, -0.15) is 0 Å². The van der Waals surface area contributed by atoms with Gasteiger partial charge in [-0.1, -0.05) is 71.8 Å². The van der Waals surface area contributed by atoms with Crippen LogP contribution in [0, 0.1) is 0 Å². The van der Waals surface area contributed by atoms with E-state index in [0.29, 0.717) is 23.0 Å². The fraction of sp³-hybridized carbons (Fsp3) is 0.393. The van der Waals surface area contributed by atoms with Crippen molar-refractivity contribution in [3.05, 3.63) is 93.2 Å². The first-order valence-electron chi connectivity index (χ1n) is 12.4. The highest BCUT2D eigenvalue weighted by molar-refractivity contribution is 6.36. The Balaban J connectivity index is 1.46. The highest BCUT2D eigenvalue weighted by Gasteiger charge is 2.25. The molecular weight excluding hydrogens is 479 g/mol. The lowest BCUT2D eigenvalue weighted by Gasteiger charge is -2.35. The lowest BCUT2D eigenvalue weighted by molar-refractivity contribution is -0.132. The number of nitrogens with zero attached hydrogens (tertiary/aromatic N) is 2. The van der Waals surface area contributed by atoms with Crippen LogP contribution in [0.5, 0.6) is 0 Å². The smallest absolute Gasteiger partial charge is 0.228 e. The number of nitrogens with two attached hydrogens (primary N) is 1. The Morgan fingerprint density at radius 3 is 2.29 bits per heavy atom. The second-order valence-corrected chi connectivity index (χ2v) is 10.0. The van der Waals surface area contributed by atoms with E-state index in [2.05, 4.69) is 46.6 Å². The molecule has 0 aromatic heterocycles. The van der Waals surface area contributed by atoms with Gasteiger partial charge in [0, 0.05) is 59.1 Å². The molecule has 2 aromatic carbocycles. The van der Waals surface area contributed by atoms with Gasteiger partial charge in [0.25, 0.3) is 0 Å². The minimum Gasteiger partial charge on any atom is -0.362 e. The topological polar surface area (TPSA) is 61.6 Å². The Bertz CT molecular complexity index is 1040. The fourth-order valence-corrected chi connectivity index (χ4v) is 5.40. The molecule has 2 aromatic rings. The molecule has 186 valence electrons. The maximum Gasteiger partial charge on any atom is 0.228 e. The van der Waals surface area contributed by atoms with Crippen LogP contribution in [0.25, 0.3) is 0 Å². The molecule has 0 bridgehead atoms. The van der Waals surface area contributed by atoms with Gasteiger partial charge in [-0.3, -0.25) is 9.69 Å². The second kappa shape index (κ2) is 12.6. The molecule has 2 aliphatic heterocycles. The first-order chi connectivity index (χ1) is 17.0. The van der Waals surface area contributed by atoms with E-state index in [-0.39, 0.29) is 11.8 Å². The number of rotatable bonds is 9. The van der Waals surface area contributed by atoms with Gasteiger partial charge in [0.2, 0.25) is 5.91 Å². The molecule has 0 radical (unpaired) electrons. The summed E-state index contributed by atoms with van der Waals surface area (Å²) in [5, 5.41) is 4.81. The zero-order valence-corrected chi connectivity index (χ0v) is 21.6. The van der Waals surface area contributed by atoms with Gasteiger partial charge >= 0.3 is 0 Å². The lowest BCUT2D eigenvalue weighted by Crippen LogP contribution is -2.49. The number of benzene rings is 2. The summed E-state index contributed by atoms with van der Waals surface area (Å²) >= 11 is 13.1. The van der Waals surface area contributed by atoms with Crippen molar-refractivity contribution in [2.24, 2.45) is 5.73 Å². The summed E-state index contributed by atoms with van der Waals surface area (Å²) in [4.78, 5) is 17.5. The van der Waals surface area contributed by atoms with Crippen LogP contribution < -0.4 is 11.1 Å². The van der Waals surface area contributed by atoms with Gasteiger partial charge in [0.15, 0.2) is 0 Å². The van der Waals surface area contributed by atoms with Crippen molar-refractivity contribution < 1.29 is 4.79 Å². The van der Waals surface area contributed by atoms with E-state index in [1.807, 2.05) is 29.2 Å². The summed E-state index contributed by atoms with van der Waals surface area (Å²) < 4.78 is 0. The Hall–Kier alpha value is -2.31. The fourth-order valence-electron chi connectivity index (χ4n) is 4.75. The van der Waals surface area contributed by atoms with E-state index in [0.717, 1.165) is 68.9 Å². The van der Waals surface area contributed by atoms with E-state index in [9.17, 15) is 4.79 Å². The number of piperazine rings is 1. The maximum absolute atomic E-state index is 13.2. The van der Waals surface area contributed by atoms with Crippen molar-refractivity contribution in [2.45, 2.75) is 31.6 Å². The van der Waals surface area contributed by atoms with Crippen LogP contribution in [0.1, 0.15) is 36.3 Å². The maximum atomic E-state index is 13.2. The average molecular weight is 514 g/mol. The largest absolute Gasteiger partial charge is 0.362 e. The summed E-state index contributed by atoms with van der Waals surface area (Å²) in [6.45, 7) is 5.02. The van der Waals surface area contributed by atoms with Crippen LogP contribution in [0.3, 0.4) is 0 Å². The molecule has 2 aliphatic rings. The molecule has 1 amide bonds. The van der Waals surface area contributed by atoms with Crippen molar-refractivity contribution in [2.75, 3.05) is 39.3 Å². The summed E-state index contributed by atoms with van der Waals surface area (Å²) in [5.41, 5.74) is 9.80. The number of dihydropyridines is 1. The van der Waals surface area contributed by atoms with Crippen LogP contribution in [0.4, 0.5) is 0 Å². The molecular formula is C28H34Cl2N4O. The number of hydrogen-bond donors (Lipinski definition) is 2. The molecule has 7 heteroatoms. The molecule has 2 heterocycles. The average Bonchev–Trinajstić information content (AvgIpc) is 2.87. The molecule has 0 aliphatic carbocycles. The van der Waals surface area contributed by atoms with E-state index in [1.165, 1.54) is 5.56 Å². The number of carbonyl (C=O) groups is 1. The third-order valence-corrected chi connectivity index (χ3v) is 7.35. The summed E-state index contributed by atoms with van der Waals surface area (Å²) in [6.07, 6.45) is 7.36. The van der Waals surface area contributed by atoms with Crippen LogP contribution in [-0.4, -0.2) is 55.0 Å². The highest BCUT2D eigenvalue weighted by Crippen LogP contribution is 2.36. The van der Waals surface area contributed by atoms with Gasteiger partial charge in [0.1, 0.15) is 0 Å². The Morgan fingerprint density at radius 2 is 1.60 bits per heavy atom. The Morgan fingerprint density at radius 1 is 0.914 bits per heavy atom. The SMILES string of the molecule is NCCCN1CCN(C(=O)CC2=CC(c3c(Cl)cccc3Cl)C=C(CCc3ccccc3)N2)CC1. The molecule has 5 nitrogen and oxygen atoms in total. The Kier molecular flexibility index (Phi) is 9.27. The first-order valence-corrected chi connectivity index (χ1v) is 13.2. The number of aryl methyl sites for hydroxylation is 1. The third-order valence-electron chi connectivity index (χ3n) is 6.69. The highest BCUT2D eigenvalue weighted by atomic mass is 35.5. The molecule has 1 atom stereocenters. The quantitative estimate of drug-likeness (QED) is 0.498. The molecule has 4 rings (SSSR count). The van der Waals surface area contributed by atoms with E-state index in [1.54, 1.807) is 0 Å². The van der Waals surface area contributed by atoms with Gasteiger partial charge in [-0.15, -0.1) is 0 Å². The summed E-state index contributed by atoms with van der Waals surface area (Å²) in [5.74, 6) is 0.0645. The number of nitrogens with one attached hydrogen (secondary N) is 1. The Labute approximate surface area is 218 Å². The zero-order valence-electron chi connectivity index (χ0n) is 20.1. The number of carbonyl (C=O) groups excluding carboxylic acids is 1. The van der Waals surface area contributed by atoms with Crippen molar-refractivity contribution >= 4 is 29.1 Å². The van der Waals surface area contributed by atoms with Gasteiger partial charge in [-0.25, -0.2) is 0 Å². The normalized spacial score (nSPS) is 18.6.